The molecule has 0 radical (unpaired) electrons. The van der Waals surface area contributed by atoms with Gasteiger partial charge in [-0.05, 0) is 12.1 Å². The number of fused-ring (bicyclic) bond motifs is 7. The quantitative estimate of drug-likeness (QED) is 0.436. The van der Waals surface area contributed by atoms with Crippen molar-refractivity contribution in [1.82, 2.24) is 4.98 Å². The maximum absolute atomic E-state index is 14.1. The molecular weight excluding hydrogens is 279 g/mol. The van der Waals surface area contributed by atoms with Crippen molar-refractivity contribution in [1.29, 1.82) is 0 Å². The molecule has 22 heavy (non-hydrogen) atoms. The Morgan fingerprint density at radius 3 is 2.73 bits per heavy atom. The van der Waals surface area contributed by atoms with Gasteiger partial charge >= 0.3 is 0 Å². The van der Waals surface area contributed by atoms with Crippen LogP contribution >= 0.6 is 0 Å². The lowest BCUT2D eigenvalue weighted by Crippen LogP contribution is -2.32. The normalized spacial score (nSPS) is 12.9. The number of nitrogens with zero attached hydrogens (tertiary/aromatic N) is 1. The minimum Gasteiger partial charge on any atom is -0.349 e. The van der Waals surface area contributed by atoms with Gasteiger partial charge in [-0.25, -0.2) is 4.39 Å². The summed E-state index contributed by atoms with van der Waals surface area (Å²) in [6, 6.07) is 14.6. The van der Waals surface area contributed by atoms with Crippen LogP contribution in [0.5, 0.6) is 0 Å². The second-order valence-corrected chi connectivity index (χ2v) is 5.46. The molecule has 1 aliphatic rings. The molecule has 1 N–H and O–H groups in total. The molecule has 0 fully saturated rings. The van der Waals surface area contributed by atoms with Crippen LogP contribution in [0.2, 0.25) is 0 Å². The largest absolute Gasteiger partial charge is 0.349 e. The summed E-state index contributed by atoms with van der Waals surface area (Å²) in [6.07, 6.45) is 1.83. The summed E-state index contributed by atoms with van der Waals surface area (Å²) in [4.78, 5) is 16.0. The van der Waals surface area contributed by atoms with Crippen molar-refractivity contribution in [3.05, 3.63) is 71.8 Å². The van der Waals surface area contributed by atoms with E-state index < -0.39 is 5.82 Å². The highest BCUT2D eigenvalue weighted by Crippen LogP contribution is 2.31. The lowest BCUT2D eigenvalue weighted by atomic mass is 10.1. The van der Waals surface area contributed by atoms with Crippen molar-refractivity contribution in [3.63, 3.8) is 0 Å². The van der Waals surface area contributed by atoms with Crippen LogP contribution < -0.4 is 4.57 Å². The predicted octanol–water partition coefficient (Wildman–Crippen LogP) is 3.28. The first-order chi connectivity index (χ1) is 10.8. The number of ketones is 1. The third-order valence-electron chi connectivity index (χ3n) is 4.31. The van der Waals surface area contributed by atoms with E-state index in [4.69, 9.17) is 0 Å². The number of H-pyrrole nitrogens is 1. The molecule has 104 valence electrons. The van der Waals surface area contributed by atoms with Crippen LogP contribution in [0.15, 0.2) is 54.7 Å². The number of carbonyl (C=O) groups excluding carboxylic acids is 1. The Morgan fingerprint density at radius 1 is 0.955 bits per heavy atom. The van der Waals surface area contributed by atoms with Gasteiger partial charge in [0.2, 0.25) is 5.69 Å². The molecule has 2 aromatic heterocycles. The summed E-state index contributed by atoms with van der Waals surface area (Å²) in [5, 5.41) is 2.04. The van der Waals surface area contributed by atoms with Crippen LogP contribution in [-0.2, 0) is 0 Å². The third-order valence-corrected chi connectivity index (χ3v) is 4.31. The molecule has 1 aliphatic heterocycles. The second kappa shape index (κ2) is 3.80. The average Bonchev–Trinajstić information content (AvgIpc) is 3.04. The van der Waals surface area contributed by atoms with E-state index in [9.17, 15) is 9.18 Å². The Labute approximate surface area is 124 Å². The summed E-state index contributed by atoms with van der Waals surface area (Å²) < 4.78 is 15.8. The standard InChI is InChI=1S/C18H9FN2O/c19-12-5-3-7-14-15(12)18(22)17-16-11(8-9-21(14)17)10-4-1-2-6-13(10)20-16/h1-9H/p+1. The lowest BCUT2D eigenvalue weighted by molar-refractivity contribution is -0.592. The Kier molecular flexibility index (Phi) is 2.01. The number of aromatic amines is 1. The summed E-state index contributed by atoms with van der Waals surface area (Å²) in [5.74, 6) is -0.749. The Balaban J connectivity index is 1.97. The number of aromatic nitrogens is 2. The smallest absolute Gasteiger partial charge is 0.284 e. The number of halogens is 1. The third kappa shape index (κ3) is 1.25. The van der Waals surface area contributed by atoms with E-state index in [0.29, 0.717) is 11.4 Å². The van der Waals surface area contributed by atoms with Crippen LogP contribution in [0.4, 0.5) is 4.39 Å². The van der Waals surface area contributed by atoms with Gasteiger partial charge in [0.1, 0.15) is 16.9 Å². The van der Waals surface area contributed by atoms with E-state index >= 15 is 0 Å². The SMILES string of the molecule is O=C1c2c(F)cccc2-[n+]2ccc3c([nH]c4ccccc43)c21. The minimum absolute atomic E-state index is 0.147. The van der Waals surface area contributed by atoms with E-state index in [1.807, 2.05) is 36.5 Å². The molecule has 0 saturated heterocycles. The van der Waals surface area contributed by atoms with Gasteiger partial charge in [0.05, 0.1) is 0 Å². The van der Waals surface area contributed by atoms with Crippen LogP contribution in [0.1, 0.15) is 16.1 Å². The van der Waals surface area contributed by atoms with Crippen LogP contribution in [0.25, 0.3) is 27.5 Å². The zero-order valence-electron chi connectivity index (χ0n) is 11.4. The molecule has 3 heterocycles. The number of carbonyl (C=O) groups is 1. The lowest BCUT2D eigenvalue weighted by Gasteiger charge is -1.94. The number of hydrogen-bond donors (Lipinski definition) is 1. The number of pyridine rings is 1. The molecule has 5 rings (SSSR count). The topological polar surface area (TPSA) is 36.7 Å². The molecule has 0 amide bonds. The highest BCUT2D eigenvalue weighted by Gasteiger charge is 2.40. The second-order valence-electron chi connectivity index (χ2n) is 5.46. The molecule has 0 atom stereocenters. The number of benzene rings is 2. The first-order valence-corrected chi connectivity index (χ1v) is 7.04. The Hall–Kier alpha value is -3.01. The molecule has 0 saturated carbocycles. The van der Waals surface area contributed by atoms with Crippen molar-refractivity contribution >= 4 is 27.6 Å². The minimum atomic E-state index is -0.476. The van der Waals surface area contributed by atoms with Crippen LogP contribution in [0.3, 0.4) is 0 Å². The monoisotopic (exact) mass is 289 g/mol. The van der Waals surface area contributed by atoms with Gasteiger partial charge in [-0.2, -0.15) is 4.57 Å². The fourth-order valence-corrected chi connectivity index (χ4v) is 3.35. The van der Waals surface area contributed by atoms with Gasteiger partial charge in [0.25, 0.3) is 11.5 Å². The summed E-state index contributed by atoms with van der Waals surface area (Å²) in [5.41, 5.74) is 2.96. The zero-order valence-corrected chi connectivity index (χ0v) is 11.4. The number of para-hydroxylation sites is 1. The first-order valence-electron chi connectivity index (χ1n) is 7.04. The molecule has 0 aliphatic carbocycles. The predicted molar refractivity (Wildman–Crippen MR) is 80.7 cm³/mol. The zero-order chi connectivity index (χ0) is 14.8. The first kappa shape index (κ1) is 11.6. The maximum Gasteiger partial charge on any atom is 0.284 e. The van der Waals surface area contributed by atoms with E-state index in [1.165, 1.54) is 6.07 Å². The van der Waals surface area contributed by atoms with Crippen molar-refractivity contribution in [2.75, 3.05) is 0 Å². The maximum atomic E-state index is 14.1. The van der Waals surface area contributed by atoms with Crippen molar-refractivity contribution in [3.8, 4) is 5.69 Å². The van der Waals surface area contributed by atoms with Crippen LogP contribution in [-0.4, -0.2) is 10.8 Å². The Morgan fingerprint density at radius 2 is 1.82 bits per heavy atom. The molecule has 4 aromatic rings. The highest BCUT2D eigenvalue weighted by molar-refractivity contribution is 6.20. The molecule has 4 heteroatoms. The molecule has 0 bridgehead atoms. The summed E-state index contributed by atoms with van der Waals surface area (Å²) >= 11 is 0. The van der Waals surface area contributed by atoms with Crippen molar-refractivity contribution in [2.24, 2.45) is 0 Å². The molecule has 3 nitrogen and oxygen atoms in total. The number of rotatable bonds is 0. The van der Waals surface area contributed by atoms with E-state index in [1.54, 1.807) is 16.7 Å². The molecule has 0 spiro atoms. The van der Waals surface area contributed by atoms with Gasteiger partial charge in [0, 0.05) is 28.4 Å². The number of nitrogens with one attached hydrogen (secondary N) is 1. The van der Waals surface area contributed by atoms with Crippen LogP contribution in [0, 0.1) is 5.82 Å². The average molecular weight is 289 g/mol. The highest BCUT2D eigenvalue weighted by atomic mass is 19.1. The van der Waals surface area contributed by atoms with Crippen molar-refractivity contribution < 1.29 is 13.8 Å². The van der Waals surface area contributed by atoms with E-state index in [-0.39, 0.29) is 11.3 Å². The van der Waals surface area contributed by atoms with Gasteiger partial charge in [0.15, 0.2) is 6.20 Å². The fraction of sp³-hybridized carbons (Fsp3) is 0. The molecular formula is C18H10FN2O+. The van der Waals surface area contributed by atoms with Gasteiger partial charge < -0.3 is 4.98 Å². The molecule has 0 unspecified atom stereocenters. The van der Waals surface area contributed by atoms with E-state index in [0.717, 1.165) is 21.8 Å². The summed E-state index contributed by atoms with van der Waals surface area (Å²) in [7, 11) is 0. The van der Waals surface area contributed by atoms with Gasteiger partial charge in [-0.1, -0.05) is 24.3 Å². The summed E-state index contributed by atoms with van der Waals surface area (Å²) in [6.45, 7) is 0. The Bertz CT molecular complexity index is 1110. The molecule has 2 aromatic carbocycles. The number of hydrogen-bond acceptors (Lipinski definition) is 1. The fourth-order valence-electron chi connectivity index (χ4n) is 3.35. The van der Waals surface area contributed by atoms with Gasteiger partial charge in [-0.15, -0.1) is 0 Å². The van der Waals surface area contributed by atoms with E-state index in [2.05, 4.69) is 4.98 Å². The van der Waals surface area contributed by atoms with Gasteiger partial charge in [-0.3, -0.25) is 4.79 Å². The van der Waals surface area contributed by atoms with Crippen molar-refractivity contribution in [2.45, 2.75) is 0 Å².